The van der Waals surface area contributed by atoms with Crippen LogP contribution in [0.3, 0.4) is 0 Å². The molecule has 1 aliphatic rings. The first kappa shape index (κ1) is 14.6. The molecule has 1 saturated heterocycles. The van der Waals surface area contributed by atoms with Crippen molar-refractivity contribution in [2.75, 3.05) is 0 Å². The van der Waals surface area contributed by atoms with Gasteiger partial charge in [0.1, 0.15) is 11.3 Å². The number of hydrogen-bond acceptors (Lipinski definition) is 6. The lowest BCUT2D eigenvalue weighted by Crippen LogP contribution is -2.17. The molecule has 1 fully saturated rings. The summed E-state index contributed by atoms with van der Waals surface area (Å²) in [5.41, 5.74) is 3.31. The number of aryl methyl sites for hydroxylation is 1. The number of nitrogens with zero attached hydrogens (tertiary/aromatic N) is 2. The third-order valence-electron chi connectivity index (χ3n) is 3.58. The first-order valence-corrected chi connectivity index (χ1v) is 7.97. The molecule has 0 saturated carbocycles. The van der Waals surface area contributed by atoms with Crippen LogP contribution >= 0.6 is 11.8 Å². The largest absolute Gasteiger partial charge is 0.456 e. The molecule has 1 N–H and O–H groups in total. The summed E-state index contributed by atoms with van der Waals surface area (Å²) in [5.74, 6) is 0.0817. The van der Waals surface area contributed by atoms with Gasteiger partial charge in [0.2, 0.25) is 0 Å². The first-order chi connectivity index (χ1) is 11.6. The molecule has 6 nitrogen and oxygen atoms in total. The maximum absolute atomic E-state index is 11.6. The molecule has 0 spiro atoms. The molecule has 118 valence electrons. The van der Waals surface area contributed by atoms with Crippen LogP contribution < -0.4 is 5.32 Å². The minimum atomic E-state index is -0.411. The second-order valence-electron chi connectivity index (χ2n) is 5.29. The van der Waals surface area contributed by atoms with Crippen molar-refractivity contribution in [3.05, 3.63) is 53.1 Å². The molecule has 0 aliphatic carbocycles. The Morgan fingerprint density at radius 3 is 2.79 bits per heavy atom. The lowest BCUT2D eigenvalue weighted by Gasteiger charge is -2.01. The van der Waals surface area contributed by atoms with Gasteiger partial charge in [-0.1, -0.05) is 6.07 Å². The molecule has 24 heavy (non-hydrogen) atoms. The Bertz CT molecular complexity index is 1010. The van der Waals surface area contributed by atoms with Crippen LogP contribution in [0.5, 0.6) is 0 Å². The van der Waals surface area contributed by atoms with Gasteiger partial charge >= 0.3 is 0 Å². The molecule has 0 radical (unpaired) electrons. The summed E-state index contributed by atoms with van der Waals surface area (Å²) >= 11 is 0.856. The van der Waals surface area contributed by atoms with Crippen molar-refractivity contribution in [2.45, 2.75) is 6.92 Å². The zero-order valence-corrected chi connectivity index (χ0v) is 13.4. The number of rotatable bonds is 2. The number of aromatic nitrogens is 2. The maximum atomic E-state index is 11.6. The van der Waals surface area contributed by atoms with Crippen molar-refractivity contribution >= 4 is 40.0 Å². The highest BCUT2D eigenvalue weighted by molar-refractivity contribution is 8.18. The van der Waals surface area contributed by atoms with Crippen molar-refractivity contribution in [3.63, 3.8) is 0 Å². The van der Waals surface area contributed by atoms with Crippen LogP contribution in [0, 0.1) is 6.92 Å². The van der Waals surface area contributed by atoms with E-state index in [-0.39, 0.29) is 5.24 Å². The number of nitrogens with one attached hydrogen (secondary N) is 1. The molecule has 0 bridgehead atoms. The fraction of sp³-hybridized carbons (Fsp3) is 0.0588. The van der Waals surface area contributed by atoms with Crippen LogP contribution in [0.4, 0.5) is 4.79 Å². The van der Waals surface area contributed by atoms with Crippen LogP contribution in [0.1, 0.15) is 11.5 Å². The molecule has 3 aromatic rings. The molecule has 7 heteroatoms. The van der Waals surface area contributed by atoms with Gasteiger partial charge in [-0.25, -0.2) is 0 Å². The average Bonchev–Trinajstić information content (AvgIpc) is 3.10. The second-order valence-corrected chi connectivity index (χ2v) is 6.31. The molecule has 0 aromatic carbocycles. The minimum Gasteiger partial charge on any atom is -0.456 e. The molecule has 1 aliphatic heterocycles. The van der Waals surface area contributed by atoms with Crippen molar-refractivity contribution in [2.24, 2.45) is 0 Å². The van der Waals surface area contributed by atoms with E-state index in [1.807, 2.05) is 19.1 Å². The Morgan fingerprint density at radius 2 is 2.08 bits per heavy atom. The molecule has 4 heterocycles. The highest BCUT2D eigenvalue weighted by Gasteiger charge is 2.25. The van der Waals surface area contributed by atoms with Crippen LogP contribution in [0.15, 0.2) is 46.1 Å². The van der Waals surface area contributed by atoms with Crippen LogP contribution in [0.2, 0.25) is 0 Å². The quantitative estimate of drug-likeness (QED) is 0.720. The van der Waals surface area contributed by atoms with E-state index in [4.69, 9.17) is 4.42 Å². The molecule has 4 rings (SSSR count). The number of furan rings is 1. The van der Waals surface area contributed by atoms with Crippen molar-refractivity contribution in [3.8, 4) is 11.1 Å². The lowest BCUT2D eigenvalue weighted by molar-refractivity contribution is -0.115. The van der Waals surface area contributed by atoms with E-state index in [2.05, 4.69) is 15.3 Å². The zero-order valence-electron chi connectivity index (χ0n) is 12.6. The van der Waals surface area contributed by atoms with E-state index in [0.717, 1.165) is 34.0 Å². The van der Waals surface area contributed by atoms with Gasteiger partial charge in [-0.3, -0.25) is 24.9 Å². The summed E-state index contributed by atoms with van der Waals surface area (Å²) in [4.78, 5) is 31.7. The molecule has 0 atom stereocenters. The predicted octanol–water partition coefficient (Wildman–Crippen LogP) is 3.52. The van der Waals surface area contributed by atoms with Crippen LogP contribution in [-0.4, -0.2) is 21.1 Å². The Balaban J connectivity index is 1.80. The number of pyridine rings is 2. The van der Waals surface area contributed by atoms with E-state index in [9.17, 15) is 9.59 Å². The third kappa shape index (κ3) is 2.59. The number of carbonyl (C=O) groups excluding carboxylic acids is 2. The Morgan fingerprint density at radius 1 is 1.21 bits per heavy atom. The molecule has 0 unspecified atom stereocenters. The summed E-state index contributed by atoms with van der Waals surface area (Å²) in [5, 5.41) is 2.65. The van der Waals surface area contributed by atoms with Crippen molar-refractivity contribution in [1.29, 1.82) is 0 Å². The van der Waals surface area contributed by atoms with Gasteiger partial charge in [0, 0.05) is 46.9 Å². The van der Waals surface area contributed by atoms with Gasteiger partial charge in [0.15, 0.2) is 0 Å². The molecular formula is C17H11N3O3S. The maximum Gasteiger partial charge on any atom is 0.290 e. The number of imide groups is 1. The summed E-state index contributed by atoms with van der Waals surface area (Å²) in [6, 6.07) is 5.67. The van der Waals surface area contributed by atoms with Gasteiger partial charge in [0.05, 0.1) is 4.91 Å². The second kappa shape index (κ2) is 5.61. The van der Waals surface area contributed by atoms with E-state index >= 15 is 0 Å². The van der Waals surface area contributed by atoms with E-state index in [1.165, 1.54) is 0 Å². The number of amides is 2. The molecule has 3 aromatic heterocycles. The zero-order chi connectivity index (χ0) is 16.7. The van der Waals surface area contributed by atoms with Gasteiger partial charge < -0.3 is 4.42 Å². The predicted molar refractivity (Wildman–Crippen MR) is 91.1 cm³/mol. The summed E-state index contributed by atoms with van der Waals surface area (Å²) in [6.07, 6.45) is 6.74. The highest BCUT2D eigenvalue weighted by atomic mass is 32.2. The monoisotopic (exact) mass is 337 g/mol. The number of carbonyl (C=O) groups is 2. The standard InChI is InChI=1S/C17H11N3O3S/c1-9-2-3-10(7-19-9)13-8-18-6-11-4-12(23-15(11)13)5-14-16(21)20-17(22)24-14/h2-8H,1H3,(H,20,21,22)/b14-5+. The minimum absolute atomic E-state index is 0.311. The number of hydrogen-bond donors (Lipinski definition) is 1. The van der Waals surface area contributed by atoms with Crippen molar-refractivity contribution < 1.29 is 14.0 Å². The third-order valence-corrected chi connectivity index (χ3v) is 4.39. The fourth-order valence-electron chi connectivity index (χ4n) is 2.44. The fourth-order valence-corrected chi connectivity index (χ4v) is 3.10. The Kier molecular flexibility index (Phi) is 3.42. The van der Waals surface area contributed by atoms with Crippen LogP contribution in [0.25, 0.3) is 28.2 Å². The van der Waals surface area contributed by atoms with Gasteiger partial charge in [-0.2, -0.15) is 0 Å². The summed E-state index contributed by atoms with van der Waals surface area (Å²) < 4.78 is 5.88. The van der Waals surface area contributed by atoms with Gasteiger partial charge in [-0.05, 0) is 30.8 Å². The Labute approximate surface area is 141 Å². The van der Waals surface area contributed by atoms with Gasteiger partial charge in [-0.15, -0.1) is 0 Å². The molecular weight excluding hydrogens is 326 g/mol. The molecule has 2 amide bonds. The van der Waals surface area contributed by atoms with E-state index in [1.54, 1.807) is 30.7 Å². The SMILES string of the molecule is Cc1ccc(-c2cncc3cc(/C=C4/SC(=O)NC4=O)oc23)cn1. The average molecular weight is 337 g/mol. The normalized spacial score (nSPS) is 16.1. The number of fused-ring (bicyclic) bond motifs is 1. The number of thioether (sulfide) groups is 1. The smallest absolute Gasteiger partial charge is 0.290 e. The van der Waals surface area contributed by atoms with Crippen molar-refractivity contribution in [1.82, 2.24) is 15.3 Å². The van der Waals surface area contributed by atoms with Gasteiger partial charge in [0.25, 0.3) is 11.1 Å². The highest BCUT2D eigenvalue weighted by Crippen LogP contribution is 2.32. The summed E-state index contributed by atoms with van der Waals surface area (Å²) in [7, 11) is 0. The first-order valence-electron chi connectivity index (χ1n) is 7.15. The lowest BCUT2D eigenvalue weighted by atomic mass is 10.1. The summed E-state index contributed by atoms with van der Waals surface area (Å²) in [6.45, 7) is 1.92. The van der Waals surface area contributed by atoms with E-state index < -0.39 is 5.91 Å². The topological polar surface area (TPSA) is 85.1 Å². The van der Waals surface area contributed by atoms with Crippen LogP contribution in [-0.2, 0) is 4.79 Å². The Hall–Kier alpha value is -2.93. The van der Waals surface area contributed by atoms with E-state index in [0.29, 0.717) is 16.2 Å².